The van der Waals surface area contributed by atoms with E-state index in [-0.39, 0.29) is 6.61 Å². The van der Waals surface area contributed by atoms with Crippen LogP contribution in [0.2, 0.25) is 0 Å². The van der Waals surface area contributed by atoms with E-state index in [4.69, 9.17) is 28.3 Å². The lowest BCUT2D eigenvalue weighted by Crippen LogP contribution is -1.57. The number of aliphatic hydroxyl groups excluding tert-OH is 1. The van der Waals surface area contributed by atoms with E-state index in [1.54, 1.807) is 6.92 Å². The molecule has 0 aromatic heterocycles. The van der Waals surface area contributed by atoms with E-state index >= 15 is 0 Å². The van der Waals surface area contributed by atoms with Gasteiger partial charge in [0, 0.05) is 17.7 Å². The average molecular weight is 143 g/mol. The van der Waals surface area contributed by atoms with E-state index in [2.05, 4.69) is 0 Å². The van der Waals surface area contributed by atoms with Crippen LogP contribution in [-0.4, -0.2) is 11.7 Å². The molecular weight excluding hydrogens is 135 g/mol. The second-order valence-electron chi connectivity index (χ2n) is 0.568. The highest BCUT2D eigenvalue weighted by Crippen LogP contribution is 1.78. The average Bonchev–Trinajstić information content (AvgIpc) is 1.69. The first-order chi connectivity index (χ1) is 3.33. The van der Waals surface area contributed by atoms with Crippen molar-refractivity contribution in [3.05, 3.63) is 11.1 Å². The number of halogens is 2. The Morgan fingerprint density at radius 3 is 1.57 bits per heavy atom. The van der Waals surface area contributed by atoms with E-state index in [0.29, 0.717) is 0 Å². The molecule has 0 amide bonds. The summed E-state index contributed by atoms with van der Waals surface area (Å²) in [5.41, 5.74) is 2.48. The van der Waals surface area contributed by atoms with Crippen LogP contribution in [0.5, 0.6) is 0 Å². The van der Waals surface area contributed by atoms with Gasteiger partial charge >= 0.3 is 0 Å². The Morgan fingerprint density at radius 1 is 1.43 bits per heavy atom. The molecule has 0 radical (unpaired) electrons. The molecule has 0 rings (SSSR count). The maximum absolute atomic E-state index is 7.57. The molecule has 7 heavy (non-hydrogen) atoms. The molecule has 1 N–H and O–H groups in total. The molecule has 44 valence electrons. The van der Waals surface area contributed by atoms with Crippen LogP contribution < -0.4 is 0 Å². The van der Waals surface area contributed by atoms with Crippen LogP contribution in [0.4, 0.5) is 0 Å². The second-order valence-corrected chi connectivity index (χ2v) is 1.07. The highest BCUT2D eigenvalue weighted by atomic mass is 35.5. The zero-order chi connectivity index (χ0) is 6.12. The van der Waals surface area contributed by atoms with Crippen molar-refractivity contribution >= 4 is 23.2 Å². The monoisotopic (exact) mass is 142 g/mol. The normalized spacial score (nSPS) is 8.00. The topological polar surface area (TPSA) is 20.2 Å². The Morgan fingerprint density at radius 2 is 1.57 bits per heavy atom. The summed E-state index contributed by atoms with van der Waals surface area (Å²) in [6.45, 7) is 1.93. The van der Waals surface area contributed by atoms with Crippen LogP contribution in [0.1, 0.15) is 6.92 Å². The molecule has 0 saturated carbocycles. The van der Waals surface area contributed by atoms with Gasteiger partial charge in [0.15, 0.2) is 0 Å². The molecule has 0 atom stereocenters. The predicted octanol–water partition coefficient (Wildman–Crippen LogP) is 1.93. The van der Waals surface area contributed by atoms with Crippen molar-refractivity contribution in [2.24, 2.45) is 0 Å². The van der Waals surface area contributed by atoms with Gasteiger partial charge in [-0.3, -0.25) is 0 Å². The number of aliphatic hydroxyl groups is 1. The van der Waals surface area contributed by atoms with Crippen molar-refractivity contribution in [1.29, 1.82) is 0 Å². The lowest BCUT2D eigenvalue weighted by Gasteiger charge is -1.52. The molecule has 0 aliphatic heterocycles. The van der Waals surface area contributed by atoms with Gasteiger partial charge in [0.25, 0.3) is 0 Å². The second kappa shape index (κ2) is 16.3. The minimum Gasteiger partial charge on any atom is -0.397 e. The fourth-order valence-corrected chi connectivity index (χ4v) is 0. The van der Waals surface area contributed by atoms with Crippen molar-refractivity contribution < 1.29 is 5.11 Å². The summed E-state index contributed by atoms with van der Waals surface area (Å²) in [6.07, 6.45) is 0. The van der Waals surface area contributed by atoms with Crippen LogP contribution in [0.25, 0.3) is 0 Å². The summed E-state index contributed by atoms with van der Waals surface area (Å²) in [5.74, 6) is 0. The molecule has 0 aromatic rings. The van der Waals surface area contributed by atoms with Gasteiger partial charge in [-0.25, -0.2) is 0 Å². The zero-order valence-corrected chi connectivity index (χ0v) is 5.58. The summed E-state index contributed by atoms with van der Waals surface area (Å²) in [6, 6.07) is 0. The fourth-order valence-electron chi connectivity index (χ4n) is 0. The fraction of sp³-hybridized carbons (Fsp3) is 0.500. The first-order valence-electron chi connectivity index (χ1n) is 1.79. The van der Waals surface area contributed by atoms with Crippen molar-refractivity contribution in [3.63, 3.8) is 0 Å². The van der Waals surface area contributed by atoms with E-state index in [0.717, 1.165) is 0 Å². The summed E-state index contributed by atoms with van der Waals surface area (Å²) >= 11 is 9.75. The van der Waals surface area contributed by atoms with E-state index in [1.807, 2.05) is 0 Å². The van der Waals surface area contributed by atoms with Crippen LogP contribution in [0.3, 0.4) is 0 Å². The first-order valence-corrected chi connectivity index (χ1v) is 2.67. The first kappa shape index (κ1) is 10.3. The van der Waals surface area contributed by atoms with Gasteiger partial charge in [0.1, 0.15) is 0 Å². The van der Waals surface area contributed by atoms with Gasteiger partial charge in [-0.05, 0) is 6.92 Å². The lowest BCUT2D eigenvalue weighted by atomic mass is 10.9. The Balaban J connectivity index is 0. The molecule has 0 saturated heterocycles. The predicted molar refractivity (Wildman–Crippen MR) is 33.6 cm³/mol. The molecule has 0 heterocycles. The number of rotatable bonds is 0. The Kier molecular flexibility index (Phi) is 23.9. The molecule has 0 fully saturated rings. The summed E-state index contributed by atoms with van der Waals surface area (Å²) in [4.78, 5) is 0. The van der Waals surface area contributed by atoms with E-state index in [9.17, 15) is 0 Å². The summed E-state index contributed by atoms with van der Waals surface area (Å²) in [7, 11) is 0. The highest BCUT2D eigenvalue weighted by Gasteiger charge is 1.40. The largest absolute Gasteiger partial charge is 0.397 e. The van der Waals surface area contributed by atoms with Gasteiger partial charge in [-0.2, -0.15) is 0 Å². The molecule has 0 aliphatic rings. The van der Waals surface area contributed by atoms with Gasteiger partial charge in [0.2, 0.25) is 0 Å². The van der Waals surface area contributed by atoms with Crippen molar-refractivity contribution in [3.8, 4) is 0 Å². The number of hydrogen-bond acceptors (Lipinski definition) is 1. The maximum atomic E-state index is 7.57. The van der Waals surface area contributed by atoms with E-state index in [1.165, 1.54) is 11.1 Å². The van der Waals surface area contributed by atoms with E-state index < -0.39 is 0 Å². The third-order valence-corrected chi connectivity index (χ3v) is 0.429. The Labute approximate surface area is 53.6 Å². The standard InChI is InChI=1S/C2H2Cl2.C2H6O/c3-1-2-4;1-2-3/h1-2H;3H,2H2,1H3. The molecule has 0 aliphatic carbocycles. The van der Waals surface area contributed by atoms with Crippen molar-refractivity contribution in [2.75, 3.05) is 6.61 Å². The Bertz CT molecular complexity index is 32.7. The van der Waals surface area contributed by atoms with Gasteiger partial charge in [-0.1, -0.05) is 23.2 Å². The van der Waals surface area contributed by atoms with Gasteiger partial charge in [0.05, 0.1) is 0 Å². The summed E-state index contributed by atoms with van der Waals surface area (Å²) in [5, 5.41) is 7.57. The molecular formula is C4H8Cl2O. The van der Waals surface area contributed by atoms with Crippen LogP contribution in [0, 0.1) is 0 Å². The molecule has 0 aromatic carbocycles. The van der Waals surface area contributed by atoms with Crippen molar-refractivity contribution in [1.82, 2.24) is 0 Å². The number of hydrogen-bond donors (Lipinski definition) is 1. The molecule has 3 heteroatoms. The van der Waals surface area contributed by atoms with Crippen LogP contribution in [-0.2, 0) is 0 Å². The third-order valence-electron chi connectivity index (χ3n) is 0.0476. The molecule has 0 spiro atoms. The molecule has 1 nitrogen and oxygen atoms in total. The van der Waals surface area contributed by atoms with Crippen LogP contribution in [0.15, 0.2) is 11.1 Å². The molecule has 0 unspecified atom stereocenters. The maximum Gasteiger partial charge on any atom is 0.0402 e. The third kappa shape index (κ3) is 70.2. The van der Waals surface area contributed by atoms with Crippen LogP contribution >= 0.6 is 23.2 Å². The highest BCUT2D eigenvalue weighted by molar-refractivity contribution is 6.33. The van der Waals surface area contributed by atoms with Gasteiger partial charge in [-0.15, -0.1) is 0 Å². The SMILES string of the molecule is CCO.ClC=CCl. The smallest absolute Gasteiger partial charge is 0.0402 e. The zero-order valence-electron chi connectivity index (χ0n) is 4.06. The molecule has 0 bridgehead atoms. The lowest BCUT2D eigenvalue weighted by molar-refractivity contribution is 0.318. The summed E-state index contributed by atoms with van der Waals surface area (Å²) < 4.78 is 0. The van der Waals surface area contributed by atoms with Gasteiger partial charge < -0.3 is 5.11 Å². The minimum atomic E-state index is 0.250. The Hall–Kier alpha value is 0.280. The quantitative estimate of drug-likeness (QED) is 0.549. The minimum absolute atomic E-state index is 0.250. The van der Waals surface area contributed by atoms with Crippen molar-refractivity contribution in [2.45, 2.75) is 6.92 Å².